The number of anilines is 1. The van der Waals surface area contributed by atoms with Gasteiger partial charge in [0.25, 0.3) is 0 Å². The van der Waals surface area contributed by atoms with E-state index in [1.807, 2.05) is 0 Å². The Morgan fingerprint density at radius 2 is 1.76 bits per heavy atom. The minimum absolute atomic E-state index is 0.0993. The fourth-order valence-corrected chi connectivity index (χ4v) is 3.60. The van der Waals surface area contributed by atoms with Crippen LogP contribution >= 0.6 is 23.2 Å². The van der Waals surface area contributed by atoms with E-state index in [1.54, 1.807) is 18.2 Å². The number of carbonyl (C=O) groups excluding carboxylic acids is 1. The van der Waals surface area contributed by atoms with Gasteiger partial charge in [0, 0.05) is 21.7 Å². The van der Waals surface area contributed by atoms with Crippen LogP contribution in [0, 0.1) is 11.8 Å². The molecule has 0 saturated heterocycles. The number of halogens is 2. The minimum Gasteiger partial charge on any atom is -0.326 e. The normalized spacial score (nSPS) is 22.0. The number of benzene rings is 1. The molecular formula is C17H23Cl2NO. The predicted molar refractivity (Wildman–Crippen MR) is 90.1 cm³/mol. The number of amides is 1. The average Bonchev–Trinajstić information content (AvgIpc) is 2.44. The molecule has 1 fully saturated rings. The molecular weight excluding hydrogens is 305 g/mol. The Kier molecular flexibility index (Phi) is 6.38. The van der Waals surface area contributed by atoms with Crippen molar-refractivity contribution in [1.29, 1.82) is 0 Å². The molecule has 0 atom stereocenters. The van der Waals surface area contributed by atoms with Gasteiger partial charge in [-0.25, -0.2) is 0 Å². The molecule has 1 aliphatic rings. The van der Waals surface area contributed by atoms with Crippen LogP contribution in [-0.2, 0) is 4.79 Å². The van der Waals surface area contributed by atoms with Gasteiger partial charge < -0.3 is 5.32 Å². The fourth-order valence-electron chi connectivity index (χ4n) is 3.08. The van der Waals surface area contributed by atoms with E-state index in [-0.39, 0.29) is 11.8 Å². The Hall–Kier alpha value is -0.730. The van der Waals surface area contributed by atoms with Crippen LogP contribution in [0.15, 0.2) is 18.2 Å². The molecule has 116 valence electrons. The molecule has 1 amide bonds. The number of hydrogen-bond donors (Lipinski definition) is 1. The van der Waals surface area contributed by atoms with E-state index in [0.717, 1.165) is 18.8 Å². The van der Waals surface area contributed by atoms with Crippen molar-refractivity contribution in [1.82, 2.24) is 0 Å². The quantitative estimate of drug-likeness (QED) is 0.713. The number of unbranched alkanes of at least 4 members (excludes halogenated alkanes) is 1. The third kappa shape index (κ3) is 5.19. The van der Waals surface area contributed by atoms with E-state index in [2.05, 4.69) is 12.2 Å². The first kappa shape index (κ1) is 16.6. The van der Waals surface area contributed by atoms with Gasteiger partial charge in [-0.3, -0.25) is 4.79 Å². The summed E-state index contributed by atoms with van der Waals surface area (Å²) in [6.45, 7) is 2.23. The number of rotatable bonds is 5. The molecule has 2 nitrogen and oxygen atoms in total. The molecule has 1 aromatic rings. The molecule has 0 aromatic heterocycles. The van der Waals surface area contributed by atoms with Crippen LogP contribution < -0.4 is 5.32 Å². The van der Waals surface area contributed by atoms with E-state index in [9.17, 15) is 4.79 Å². The van der Waals surface area contributed by atoms with Crippen LogP contribution in [0.1, 0.15) is 51.9 Å². The molecule has 21 heavy (non-hydrogen) atoms. The van der Waals surface area contributed by atoms with Gasteiger partial charge in [0.05, 0.1) is 0 Å². The summed E-state index contributed by atoms with van der Waals surface area (Å²) in [6.07, 6.45) is 8.22. The highest BCUT2D eigenvalue weighted by molar-refractivity contribution is 6.35. The molecule has 0 spiro atoms. The lowest BCUT2D eigenvalue weighted by molar-refractivity contribution is -0.121. The van der Waals surface area contributed by atoms with Gasteiger partial charge >= 0.3 is 0 Å². The van der Waals surface area contributed by atoms with E-state index >= 15 is 0 Å². The highest BCUT2D eigenvalue weighted by Gasteiger charge is 2.26. The van der Waals surface area contributed by atoms with Crippen LogP contribution in [-0.4, -0.2) is 5.91 Å². The third-order valence-electron chi connectivity index (χ3n) is 4.31. The molecule has 0 radical (unpaired) electrons. The Bertz CT molecular complexity index is 461. The summed E-state index contributed by atoms with van der Waals surface area (Å²) >= 11 is 11.9. The van der Waals surface area contributed by atoms with Crippen molar-refractivity contribution in [2.24, 2.45) is 11.8 Å². The van der Waals surface area contributed by atoms with Crippen molar-refractivity contribution < 1.29 is 4.79 Å². The monoisotopic (exact) mass is 327 g/mol. The summed E-state index contributed by atoms with van der Waals surface area (Å²) in [5.74, 6) is 1.04. The molecule has 1 aromatic carbocycles. The van der Waals surface area contributed by atoms with E-state index in [0.29, 0.717) is 15.7 Å². The van der Waals surface area contributed by atoms with Crippen molar-refractivity contribution in [2.75, 3.05) is 5.32 Å². The van der Waals surface area contributed by atoms with Crippen molar-refractivity contribution in [2.45, 2.75) is 51.9 Å². The minimum atomic E-state index is 0.0993. The third-order valence-corrected chi connectivity index (χ3v) is 4.75. The maximum Gasteiger partial charge on any atom is 0.227 e. The van der Waals surface area contributed by atoms with Crippen molar-refractivity contribution in [3.05, 3.63) is 28.2 Å². The SMILES string of the molecule is CCCCC1CCC(C(=O)Nc2cc(Cl)cc(Cl)c2)CC1. The summed E-state index contributed by atoms with van der Waals surface area (Å²) in [5, 5.41) is 4.03. The summed E-state index contributed by atoms with van der Waals surface area (Å²) < 4.78 is 0. The lowest BCUT2D eigenvalue weighted by Crippen LogP contribution is -2.27. The zero-order valence-electron chi connectivity index (χ0n) is 12.5. The van der Waals surface area contributed by atoms with Crippen LogP contribution in [0.5, 0.6) is 0 Å². The number of hydrogen-bond acceptors (Lipinski definition) is 1. The lowest BCUT2D eigenvalue weighted by Gasteiger charge is -2.27. The Morgan fingerprint density at radius 1 is 1.14 bits per heavy atom. The first-order valence-electron chi connectivity index (χ1n) is 7.85. The molecule has 0 aliphatic heterocycles. The van der Waals surface area contributed by atoms with Crippen LogP contribution in [0.4, 0.5) is 5.69 Å². The van der Waals surface area contributed by atoms with Crippen molar-refractivity contribution in [3.63, 3.8) is 0 Å². The van der Waals surface area contributed by atoms with Gasteiger partial charge in [0.15, 0.2) is 0 Å². The summed E-state index contributed by atoms with van der Waals surface area (Å²) in [4.78, 5) is 12.3. The fraction of sp³-hybridized carbons (Fsp3) is 0.588. The Labute approximate surface area is 137 Å². The molecule has 1 saturated carbocycles. The lowest BCUT2D eigenvalue weighted by atomic mass is 9.79. The molecule has 0 bridgehead atoms. The second-order valence-electron chi connectivity index (χ2n) is 6.01. The first-order chi connectivity index (χ1) is 10.1. The summed E-state index contributed by atoms with van der Waals surface area (Å²) in [7, 11) is 0. The Morgan fingerprint density at radius 3 is 2.33 bits per heavy atom. The van der Waals surface area contributed by atoms with Crippen molar-refractivity contribution in [3.8, 4) is 0 Å². The number of nitrogens with one attached hydrogen (secondary N) is 1. The van der Waals surface area contributed by atoms with Crippen LogP contribution in [0.2, 0.25) is 10.0 Å². The van der Waals surface area contributed by atoms with Crippen LogP contribution in [0.25, 0.3) is 0 Å². The smallest absolute Gasteiger partial charge is 0.227 e. The van der Waals surface area contributed by atoms with E-state index in [1.165, 1.54) is 32.1 Å². The standard InChI is InChI=1S/C17H23Cl2NO/c1-2-3-4-12-5-7-13(8-6-12)17(21)20-16-10-14(18)9-15(19)11-16/h9-13H,2-8H2,1H3,(H,20,21). The first-order valence-corrected chi connectivity index (χ1v) is 8.61. The van der Waals surface area contributed by atoms with Gasteiger partial charge in [-0.1, -0.05) is 49.4 Å². The largest absolute Gasteiger partial charge is 0.326 e. The van der Waals surface area contributed by atoms with Gasteiger partial charge in [-0.2, -0.15) is 0 Å². The highest BCUT2D eigenvalue weighted by Crippen LogP contribution is 2.33. The predicted octanol–water partition coefficient (Wildman–Crippen LogP) is 5.93. The zero-order valence-corrected chi connectivity index (χ0v) is 14.0. The van der Waals surface area contributed by atoms with E-state index in [4.69, 9.17) is 23.2 Å². The molecule has 0 heterocycles. The van der Waals surface area contributed by atoms with Crippen LogP contribution in [0.3, 0.4) is 0 Å². The maximum absolute atomic E-state index is 12.3. The highest BCUT2D eigenvalue weighted by atomic mass is 35.5. The topological polar surface area (TPSA) is 29.1 Å². The summed E-state index contributed by atoms with van der Waals surface area (Å²) in [6, 6.07) is 5.13. The average molecular weight is 328 g/mol. The number of carbonyl (C=O) groups is 1. The second kappa shape index (κ2) is 8.05. The second-order valence-corrected chi connectivity index (χ2v) is 6.88. The maximum atomic E-state index is 12.3. The molecule has 1 aliphatic carbocycles. The summed E-state index contributed by atoms with van der Waals surface area (Å²) in [5.41, 5.74) is 0.686. The molecule has 0 unspecified atom stereocenters. The van der Waals surface area contributed by atoms with Gasteiger partial charge in [0.2, 0.25) is 5.91 Å². The molecule has 4 heteroatoms. The van der Waals surface area contributed by atoms with Gasteiger partial charge in [-0.15, -0.1) is 0 Å². The Balaban J connectivity index is 1.84. The van der Waals surface area contributed by atoms with Crippen molar-refractivity contribution >= 4 is 34.8 Å². The van der Waals surface area contributed by atoms with E-state index < -0.39 is 0 Å². The van der Waals surface area contributed by atoms with Gasteiger partial charge in [-0.05, 0) is 49.8 Å². The molecule has 1 N–H and O–H groups in total. The zero-order chi connectivity index (χ0) is 15.2. The molecule has 2 rings (SSSR count). The van der Waals surface area contributed by atoms with Gasteiger partial charge in [0.1, 0.15) is 0 Å².